The van der Waals surface area contributed by atoms with Crippen LogP contribution in [-0.4, -0.2) is 24.1 Å². The lowest BCUT2D eigenvalue weighted by Crippen LogP contribution is -2.09. The van der Waals surface area contributed by atoms with Crippen molar-refractivity contribution in [3.05, 3.63) is 17.1 Å². The van der Waals surface area contributed by atoms with Gasteiger partial charge in [0.05, 0.1) is 5.01 Å². The van der Waals surface area contributed by atoms with E-state index < -0.39 is 0 Å². The molecular weight excluding hydrogens is 182 g/mol. The van der Waals surface area contributed by atoms with Crippen LogP contribution in [0.15, 0.2) is 12.1 Å². The molecule has 3 nitrogen and oxygen atoms in total. The van der Waals surface area contributed by atoms with Gasteiger partial charge in [-0.1, -0.05) is 11.3 Å². The van der Waals surface area contributed by atoms with E-state index in [9.17, 15) is 0 Å². The molecule has 0 N–H and O–H groups in total. The molecule has 0 amide bonds. The zero-order valence-electron chi connectivity index (χ0n) is 7.90. The van der Waals surface area contributed by atoms with Crippen LogP contribution in [0.25, 0.3) is 10.3 Å². The Hall–Kier alpha value is -1.16. The van der Waals surface area contributed by atoms with Gasteiger partial charge in [-0.15, -0.1) is 0 Å². The molecule has 2 heterocycles. The molecule has 0 aliphatic rings. The Morgan fingerprint density at radius 2 is 2.00 bits per heavy atom. The first-order chi connectivity index (χ1) is 6.16. The molecule has 68 valence electrons. The summed E-state index contributed by atoms with van der Waals surface area (Å²) in [5, 5.41) is 1.07. The van der Waals surface area contributed by atoms with Gasteiger partial charge >= 0.3 is 0 Å². The van der Waals surface area contributed by atoms with Crippen LogP contribution in [0.1, 0.15) is 5.01 Å². The van der Waals surface area contributed by atoms with Crippen molar-refractivity contribution in [3.63, 3.8) is 0 Å². The highest BCUT2D eigenvalue weighted by atomic mass is 32.1. The predicted octanol–water partition coefficient (Wildman–Crippen LogP) is 2.07. The van der Waals surface area contributed by atoms with Crippen molar-refractivity contribution < 1.29 is 0 Å². The van der Waals surface area contributed by atoms with Gasteiger partial charge in [-0.05, 0) is 19.1 Å². The summed E-state index contributed by atoms with van der Waals surface area (Å²) in [5.41, 5.74) is 0.994. The molecule has 0 saturated heterocycles. The zero-order chi connectivity index (χ0) is 9.42. The van der Waals surface area contributed by atoms with Gasteiger partial charge in [0.1, 0.15) is 16.2 Å². The predicted molar refractivity (Wildman–Crippen MR) is 56.5 cm³/mol. The van der Waals surface area contributed by atoms with E-state index in [0.29, 0.717) is 0 Å². The Bertz CT molecular complexity index is 433. The summed E-state index contributed by atoms with van der Waals surface area (Å²) in [6, 6.07) is 4.00. The van der Waals surface area contributed by atoms with E-state index in [1.165, 1.54) is 0 Å². The standard InChI is InChI=1S/C9H11N3S/c1-6-10-7-4-5-8(12(2)3)11-9(7)13-6/h4-5H,1-3H3. The number of hydrogen-bond acceptors (Lipinski definition) is 4. The number of aryl methyl sites for hydroxylation is 1. The van der Waals surface area contributed by atoms with E-state index in [4.69, 9.17) is 0 Å². The lowest BCUT2D eigenvalue weighted by Gasteiger charge is -2.09. The number of aromatic nitrogens is 2. The van der Waals surface area contributed by atoms with Crippen LogP contribution in [0.5, 0.6) is 0 Å². The third-order valence-electron chi connectivity index (χ3n) is 1.81. The monoisotopic (exact) mass is 193 g/mol. The average Bonchev–Trinajstić information content (AvgIpc) is 2.42. The van der Waals surface area contributed by atoms with Gasteiger partial charge in [-0.3, -0.25) is 0 Å². The van der Waals surface area contributed by atoms with E-state index in [-0.39, 0.29) is 0 Å². The molecule has 0 fully saturated rings. The van der Waals surface area contributed by atoms with Crippen molar-refractivity contribution in [2.75, 3.05) is 19.0 Å². The number of hydrogen-bond donors (Lipinski definition) is 0. The summed E-state index contributed by atoms with van der Waals surface area (Å²) in [7, 11) is 3.98. The van der Waals surface area contributed by atoms with Gasteiger partial charge in [-0.25, -0.2) is 9.97 Å². The molecule has 0 aliphatic carbocycles. The van der Waals surface area contributed by atoms with Gasteiger partial charge in [0.25, 0.3) is 0 Å². The third kappa shape index (κ3) is 1.49. The second kappa shape index (κ2) is 2.96. The highest BCUT2D eigenvalue weighted by Gasteiger charge is 2.03. The molecule has 0 aromatic carbocycles. The first-order valence-corrected chi connectivity index (χ1v) is 4.90. The number of pyridine rings is 1. The maximum absolute atomic E-state index is 4.48. The lowest BCUT2D eigenvalue weighted by molar-refractivity contribution is 1.08. The minimum Gasteiger partial charge on any atom is -0.363 e. The van der Waals surface area contributed by atoms with Crippen molar-refractivity contribution >= 4 is 27.5 Å². The molecule has 2 aromatic heterocycles. The quantitative estimate of drug-likeness (QED) is 0.694. The van der Waals surface area contributed by atoms with Crippen LogP contribution >= 0.6 is 11.3 Å². The van der Waals surface area contributed by atoms with Crippen molar-refractivity contribution in [2.45, 2.75) is 6.92 Å². The molecule has 0 atom stereocenters. The van der Waals surface area contributed by atoms with E-state index in [0.717, 1.165) is 21.2 Å². The van der Waals surface area contributed by atoms with Gasteiger partial charge in [0.2, 0.25) is 0 Å². The zero-order valence-corrected chi connectivity index (χ0v) is 8.72. The van der Waals surface area contributed by atoms with Gasteiger partial charge < -0.3 is 4.90 Å². The highest BCUT2D eigenvalue weighted by molar-refractivity contribution is 7.18. The number of thiazole rings is 1. The van der Waals surface area contributed by atoms with Crippen LogP contribution in [0.3, 0.4) is 0 Å². The molecule has 0 radical (unpaired) electrons. The maximum atomic E-state index is 4.48. The molecule has 0 unspecified atom stereocenters. The maximum Gasteiger partial charge on any atom is 0.145 e. The molecule has 0 saturated carbocycles. The highest BCUT2D eigenvalue weighted by Crippen LogP contribution is 2.21. The van der Waals surface area contributed by atoms with Gasteiger partial charge in [0, 0.05) is 14.1 Å². The molecule has 4 heteroatoms. The van der Waals surface area contributed by atoms with Crippen molar-refractivity contribution in [1.29, 1.82) is 0 Å². The van der Waals surface area contributed by atoms with Crippen LogP contribution in [0.4, 0.5) is 5.82 Å². The first kappa shape index (κ1) is 8.44. The Kier molecular flexibility index (Phi) is 1.92. The molecule has 0 aliphatic heterocycles. The molecule has 0 bridgehead atoms. The largest absolute Gasteiger partial charge is 0.363 e. The number of anilines is 1. The first-order valence-electron chi connectivity index (χ1n) is 4.08. The Balaban J connectivity index is 2.61. The summed E-state index contributed by atoms with van der Waals surface area (Å²) < 4.78 is 0. The van der Waals surface area contributed by atoms with E-state index in [2.05, 4.69) is 9.97 Å². The molecular formula is C9H11N3S. The van der Waals surface area contributed by atoms with Crippen LogP contribution < -0.4 is 4.90 Å². The third-order valence-corrected chi connectivity index (χ3v) is 2.69. The smallest absolute Gasteiger partial charge is 0.145 e. The van der Waals surface area contributed by atoms with E-state index >= 15 is 0 Å². The van der Waals surface area contributed by atoms with Crippen molar-refractivity contribution in [1.82, 2.24) is 9.97 Å². The van der Waals surface area contributed by atoms with Gasteiger partial charge in [0.15, 0.2) is 0 Å². The molecule has 13 heavy (non-hydrogen) atoms. The lowest BCUT2D eigenvalue weighted by atomic mass is 10.4. The number of nitrogens with zero attached hydrogens (tertiary/aromatic N) is 3. The molecule has 2 aromatic rings. The minimum atomic E-state index is 0.983. The van der Waals surface area contributed by atoms with Crippen molar-refractivity contribution in [3.8, 4) is 0 Å². The Morgan fingerprint density at radius 1 is 1.23 bits per heavy atom. The molecule has 0 spiro atoms. The summed E-state index contributed by atoms with van der Waals surface area (Å²) in [6.07, 6.45) is 0. The Morgan fingerprint density at radius 3 is 2.69 bits per heavy atom. The van der Waals surface area contributed by atoms with Crippen LogP contribution in [-0.2, 0) is 0 Å². The normalized spacial score (nSPS) is 10.7. The Labute approximate surface area is 81.0 Å². The summed E-state index contributed by atoms with van der Waals surface area (Å²) in [5.74, 6) is 0.983. The summed E-state index contributed by atoms with van der Waals surface area (Å²) >= 11 is 1.63. The minimum absolute atomic E-state index is 0.983. The number of fused-ring (bicyclic) bond motifs is 1. The average molecular weight is 193 g/mol. The second-order valence-electron chi connectivity index (χ2n) is 3.12. The van der Waals surface area contributed by atoms with E-state index in [1.807, 2.05) is 38.1 Å². The SMILES string of the molecule is Cc1nc2ccc(N(C)C)nc2s1. The second-order valence-corrected chi connectivity index (χ2v) is 4.30. The van der Waals surface area contributed by atoms with Gasteiger partial charge in [-0.2, -0.15) is 0 Å². The number of rotatable bonds is 1. The van der Waals surface area contributed by atoms with E-state index in [1.54, 1.807) is 11.3 Å². The molecule has 2 rings (SSSR count). The fourth-order valence-corrected chi connectivity index (χ4v) is 1.95. The fourth-order valence-electron chi connectivity index (χ4n) is 1.16. The fraction of sp³-hybridized carbons (Fsp3) is 0.333. The van der Waals surface area contributed by atoms with Crippen LogP contribution in [0, 0.1) is 6.92 Å². The topological polar surface area (TPSA) is 29.0 Å². The van der Waals surface area contributed by atoms with Crippen molar-refractivity contribution in [2.24, 2.45) is 0 Å². The summed E-state index contributed by atoms with van der Waals surface area (Å²) in [6.45, 7) is 2.00. The summed E-state index contributed by atoms with van der Waals surface area (Å²) in [4.78, 5) is 11.8. The van der Waals surface area contributed by atoms with Crippen LogP contribution in [0.2, 0.25) is 0 Å².